The number of rotatable bonds is 5. The van der Waals surface area contributed by atoms with E-state index in [2.05, 4.69) is 24.3 Å². The van der Waals surface area contributed by atoms with Crippen molar-refractivity contribution in [3.05, 3.63) is 29.8 Å². The first-order chi connectivity index (χ1) is 8.75. The topological polar surface area (TPSA) is 37.3 Å². The van der Waals surface area contributed by atoms with Gasteiger partial charge in [0.2, 0.25) is 0 Å². The number of hydrogen-bond acceptors (Lipinski definition) is 2. The lowest BCUT2D eigenvalue weighted by Gasteiger charge is -2.22. The lowest BCUT2D eigenvalue weighted by molar-refractivity contribution is -0.136. The van der Waals surface area contributed by atoms with E-state index in [-0.39, 0.29) is 6.42 Å². The van der Waals surface area contributed by atoms with Crippen molar-refractivity contribution in [1.29, 1.82) is 0 Å². The SMILES string of the molecule is O=C(O)CCSc1ccc(C2CCCCC2)cc1. The van der Waals surface area contributed by atoms with Gasteiger partial charge in [0.05, 0.1) is 6.42 Å². The molecule has 18 heavy (non-hydrogen) atoms. The molecule has 0 aliphatic heterocycles. The molecule has 1 aromatic rings. The van der Waals surface area contributed by atoms with Gasteiger partial charge in [0.1, 0.15) is 0 Å². The quantitative estimate of drug-likeness (QED) is 0.806. The highest BCUT2D eigenvalue weighted by Crippen LogP contribution is 2.33. The molecule has 1 fully saturated rings. The first-order valence-corrected chi connectivity index (χ1v) is 7.69. The Morgan fingerprint density at radius 1 is 1.17 bits per heavy atom. The molecule has 0 unspecified atom stereocenters. The van der Waals surface area contributed by atoms with Crippen LogP contribution in [0.25, 0.3) is 0 Å². The summed E-state index contributed by atoms with van der Waals surface area (Å²) < 4.78 is 0. The van der Waals surface area contributed by atoms with Crippen molar-refractivity contribution in [3.8, 4) is 0 Å². The first kappa shape index (κ1) is 13.5. The number of thioether (sulfide) groups is 1. The maximum atomic E-state index is 10.4. The van der Waals surface area contributed by atoms with Crippen LogP contribution in [0, 0.1) is 0 Å². The minimum atomic E-state index is -0.721. The van der Waals surface area contributed by atoms with E-state index in [0.29, 0.717) is 5.75 Å². The zero-order chi connectivity index (χ0) is 12.8. The Morgan fingerprint density at radius 3 is 2.44 bits per heavy atom. The molecule has 0 atom stereocenters. The summed E-state index contributed by atoms with van der Waals surface area (Å²) in [6.07, 6.45) is 6.99. The molecule has 3 heteroatoms. The Bertz CT molecular complexity index is 380. The number of carboxylic acids is 1. The molecule has 0 bridgehead atoms. The van der Waals surface area contributed by atoms with Gasteiger partial charge in [0, 0.05) is 10.6 Å². The molecule has 0 heterocycles. The molecule has 0 aromatic heterocycles. The van der Waals surface area contributed by atoms with Gasteiger partial charge in [-0.3, -0.25) is 4.79 Å². The zero-order valence-electron chi connectivity index (χ0n) is 10.6. The van der Waals surface area contributed by atoms with E-state index in [1.54, 1.807) is 11.8 Å². The molecule has 0 spiro atoms. The lowest BCUT2D eigenvalue weighted by atomic mass is 9.84. The molecule has 2 nitrogen and oxygen atoms in total. The average molecular weight is 264 g/mol. The Kier molecular flexibility index (Phi) is 5.12. The third-order valence-corrected chi connectivity index (χ3v) is 4.56. The molecule has 0 amide bonds. The van der Waals surface area contributed by atoms with Gasteiger partial charge < -0.3 is 5.11 Å². The van der Waals surface area contributed by atoms with Gasteiger partial charge >= 0.3 is 5.97 Å². The van der Waals surface area contributed by atoms with Gasteiger partial charge in [0.15, 0.2) is 0 Å². The van der Waals surface area contributed by atoms with Crippen LogP contribution in [0.5, 0.6) is 0 Å². The van der Waals surface area contributed by atoms with Crippen LogP contribution in [0.15, 0.2) is 29.2 Å². The van der Waals surface area contributed by atoms with E-state index in [0.717, 1.165) is 5.92 Å². The van der Waals surface area contributed by atoms with Crippen molar-refractivity contribution < 1.29 is 9.90 Å². The van der Waals surface area contributed by atoms with Crippen LogP contribution < -0.4 is 0 Å². The number of aliphatic carboxylic acids is 1. The van der Waals surface area contributed by atoms with Gasteiger partial charge in [-0.15, -0.1) is 11.8 Å². The predicted molar refractivity (Wildman–Crippen MR) is 75.2 cm³/mol. The van der Waals surface area contributed by atoms with Crippen molar-refractivity contribution in [2.24, 2.45) is 0 Å². The van der Waals surface area contributed by atoms with E-state index in [1.165, 1.54) is 42.6 Å². The number of carbonyl (C=O) groups is 1. The molecule has 1 saturated carbocycles. The summed E-state index contributed by atoms with van der Waals surface area (Å²) in [4.78, 5) is 11.6. The van der Waals surface area contributed by atoms with E-state index in [1.807, 2.05) is 0 Å². The summed E-state index contributed by atoms with van der Waals surface area (Å²) in [5.41, 5.74) is 1.46. The second-order valence-corrected chi connectivity index (χ2v) is 6.06. The fraction of sp³-hybridized carbons (Fsp3) is 0.533. The van der Waals surface area contributed by atoms with Gasteiger partial charge in [-0.25, -0.2) is 0 Å². The molecule has 1 aliphatic carbocycles. The molecule has 1 aromatic carbocycles. The van der Waals surface area contributed by atoms with Gasteiger partial charge in [-0.2, -0.15) is 0 Å². The molecule has 2 rings (SSSR count). The lowest BCUT2D eigenvalue weighted by Crippen LogP contribution is -2.04. The first-order valence-electron chi connectivity index (χ1n) is 6.70. The standard InChI is InChI=1S/C15H20O2S/c16-15(17)10-11-18-14-8-6-13(7-9-14)12-4-2-1-3-5-12/h6-9,12H,1-5,10-11H2,(H,16,17). The Labute approximate surface area is 113 Å². The Balaban J connectivity index is 1.86. The summed E-state index contributed by atoms with van der Waals surface area (Å²) in [7, 11) is 0. The second kappa shape index (κ2) is 6.83. The largest absolute Gasteiger partial charge is 0.481 e. The highest BCUT2D eigenvalue weighted by Gasteiger charge is 2.14. The van der Waals surface area contributed by atoms with E-state index in [4.69, 9.17) is 5.11 Å². The Hall–Kier alpha value is -0.960. The minimum absolute atomic E-state index is 0.231. The van der Waals surface area contributed by atoms with E-state index >= 15 is 0 Å². The normalized spacial score (nSPS) is 16.7. The summed E-state index contributed by atoms with van der Waals surface area (Å²) in [6.45, 7) is 0. The van der Waals surface area contributed by atoms with Crippen LogP contribution in [0.1, 0.15) is 50.0 Å². The molecule has 0 radical (unpaired) electrons. The van der Waals surface area contributed by atoms with Gasteiger partial charge in [-0.1, -0.05) is 31.4 Å². The van der Waals surface area contributed by atoms with Crippen LogP contribution in [0.3, 0.4) is 0 Å². The van der Waals surface area contributed by atoms with Crippen molar-refractivity contribution in [3.63, 3.8) is 0 Å². The van der Waals surface area contributed by atoms with Crippen molar-refractivity contribution in [2.45, 2.75) is 49.3 Å². The third kappa shape index (κ3) is 4.05. The molecule has 98 valence electrons. The number of benzene rings is 1. The van der Waals surface area contributed by atoms with Crippen LogP contribution in [-0.2, 0) is 4.79 Å². The second-order valence-electron chi connectivity index (χ2n) is 4.90. The maximum Gasteiger partial charge on any atom is 0.304 e. The highest BCUT2D eigenvalue weighted by atomic mass is 32.2. The molecule has 1 aliphatic rings. The molecule has 1 N–H and O–H groups in total. The average Bonchev–Trinajstić information content (AvgIpc) is 2.40. The summed E-state index contributed by atoms with van der Waals surface area (Å²) in [5, 5.41) is 8.59. The van der Waals surface area contributed by atoms with Gasteiger partial charge in [0.25, 0.3) is 0 Å². The predicted octanol–water partition coefficient (Wildman–Crippen LogP) is 4.30. The maximum absolute atomic E-state index is 10.4. The van der Waals surface area contributed by atoms with Crippen LogP contribution >= 0.6 is 11.8 Å². The zero-order valence-corrected chi connectivity index (χ0v) is 11.4. The van der Waals surface area contributed by atoms with E-state index < -0.39 is 5.97 Å². The third-order valence-electron chi connectivity index (χ3n) is 3.54. The van der Waals surface area contributed by atoms with Crippen molar-refractivity contribution >= 4 is 17.7 Å². The summed E-state index contributed by atoms with van der Waals surface area (Å²) >= 11 is 1.62. The summed E-state index contributed by atoms with van der Waals surface area (Å²) in [5.74, 6) is 0.677. The van der Waals surface area contributed by atoms with Crippen LogP contribution in [0.4, 0.5) is 0 Å². The van der Waals surface area contributed by atoms with Crippen molar-refractivity contribution in [2.75, 3.05) is 5.75 Å². The fourth-order valence-electron chi connectivity index (χ4n) is 2.53. The van der Waals surface area contributed by atoms with Crippen molar-refractivity contribution in [1.82, 2.24) is 0 Å². The van der Waals surface area contributed by atoms with Crippen LogP contribution in [0.2, 0.25) is 0 Å². The van der Waals surface area contributed by atoms with Gasteiger partial charge in [-0.05, 0) is 36.5 Å². The molecular formula is C15H20O2S. The highest BCUT2D eigenvalue weighted by molar-refractivity contribution is 7.99. The smallest absolute Gasteiger partial charge is 0.304 e. The molecule has 0 saturated heterocycles. The number of hydrogen-bond donors (Lipinski definition) is 1. The summed E-state index contributed by atoms with van der Waals surface area (Å²) in [6, 6.07) is 8.71. The molecular weight excluding hydrogens is 244 g/mol. The van der Waals surface area contributed by atoms with E-state index in [9.17, 15) is 4.79 Å². The minimum Gasteiger partial charge on any atom is -0.481 e. The fourth-order valence-corrected chi connectivity index (χ4v) is 3.37. The van der Waals surface area contributed by atoms with Crippen LogP contribution in [-0.4, -0.2) is 16.8 Å². The monoisotopic (exact) mass is 264 g/mol. The number of carboxylic acid groups (broad SMARTS) is 1. The Morgan fingerprint density at radius 2 is 1.83 bits per heavy atom.